The van der Waals surface area contributed by atoms with E-state index in [0.29, 0.717) is 4.47 Å². The number of amides is 2. The summed E-state index contributed by atoms with van der Waals surface area (Å²) in [5.41, 5.74) is 0.482. The molecule has 1 aliphatic rings. The zero-order valence-electron chi connectivity index (χ0n) is 7.94. The first-order valence-electron chi connectivity index (χ1n) is 4.38. The molecule has 0 radical (unpaired) electrons. The molecule has 0 aliphatic carbocycles. The maximum Gasteiger partial charge on any atom is 0.323 e. The van der Waals surface area contributed by atoms with Crippen LogP contribution < -0.4 is 0 Å². The summed E-state index contributed by atoms with van der Waals surface area (Å²) in [7, 11) is 0. The second-order valence-electron chi connectivity index (χ2n) is 3.28. The smallest absolute Gasteiger partial charge is 0.323 e. The lowest BCUT2D eigenvalue weighted by atomic mass is 10.1. The molecule has 1 aromatic rings. The number of carboxylic acids is 1. The number of fused-ring (bicyclic) bond motifs is 1. The largest absolute Gasteiger partial charge is 0.480 e. The van der Waals surface area contributed by atoms with Gasteiger partial charge in [-0.1, -0.05) is 15.9 Å². The first kappa shape index (κ1) is 10.8. The highest BCUT2D eigenvalue weighted by Crippen LogP contribution is 2.25. The van der Waals surface area contributed by atoms with Crippen LogP contribution >= 0.6 is 15.9 Å². The maximum atomic E-state index is 11.7. The van der Waals surface area contributed by atoms with Gasteiger partial charge < -0.3 is 5.11 Å². The van der Waals surface area contributed by atoms with E-state index in [2.05, 4.69) is 15.9 Å². The number of halogens is 1. The molecule has 0 unspecified atom stereocenters. The zero-order valence-corrected chi connectivity index (χ0v) is 9.52. The maximum absolute atomic E-state index is 11.7. The van der Waals surface area contributed by atoms with Gasteiger partial charge in [0.2, 0.25) is 0 Å². The van der Waals surface area contributed by atoms with Crippen LogP contribution in [0.2, 0.25) is 0 Å². The highest BCUT2D eigenvalue weighted by Gasteiger charge is 2.36. The Morgan fingerprint density at radius 3 is 2.50 bits per heavy atom. The topological polar surface area (TPSA) is 74.7 Å². The van der Waals surface area contributed by atoms with Crippen LogP contribution in [0.1, 0.15) is 20.7 Å². The molecule has 0 bridgehead atoms. The fourth-order valence-electron chi connectivity index (χ4n) is 1.54. The van der Waals surface area contributed by atoms with E-state index in [9.17, 15) is 14.4 Å². The SMILES string of the molecule is O=C(O)CN1C(=O)c2ccc(Br)cc2C1=O. The van der Waals surface area contributed by atoms with Gasteiger partial charge >= 0.3 is 5.97 Å². The van der Waals surface area contributed by atoms with Crippen LogP contribution in [-0.4, -0.2) is 34.3 Å². The van der Waals surface area contributed by atoms with Gasteiger partial charge in [-0.05, 0) is 18.2 Å². The molecular formula is C10H6BrNO4. The number of aliphatic carboxylic acids is 1. The standard InChI is InChI=1S/C10H6BrNO4/c11-5-1-2-6-7(3-5)10(16)12(9(6)15)4-8(13)14/h1-3H,4H2,(H,13,14). The van der Waals surface area contributed by atoms with Gasteiger partial charge in [0.25, 0.3) is 11.8 Å². The Bertz CT molecular complexity index is 512. The minimum atomic E-state index is -1.21. The van der Waals surface area contributed by atoms with Gasteiger partial charge in [0.15, 0.2) is 0 Å². The van der Waals surface area contributed by atoms with Crippen molar-refractivity contribution in [2.75, 3.05) is 6.54 Å². The second-order valence-corrected chi connectivity index (χ2v) is 4.20. The second kappa shape index (κ2) is 3.71. The summed E-state index contributed by atoms with van der Waals surface area (Å²) in [6.07, 6.45) is 0. The molecule has 16 heavy (non-hydrogen) atoms. The van der Waals surface area contributed by atoms with Crippen LogP contribution in [0, 0.1) is 0 Å². The normalized spacial score (nSPS) is 14.2. The van der Waals surface area contributed by atoms with Crippen molar-refractivity contribution >= 4 is 33.7 Å². The molecule has 5 nitrogen and oxygen atoms in total. The summed E-state index contributed by atoms with van der Waals surface area (Å²) in [6.45, 7) is -0.607. The fourth-order valence-corrected chi connectivity index (χ4v) is 1.90. The highest BCUT2D eigenvalue weighted by molar-refractivity contribution is 9.10. The number of nitrogens with zero attached hydrogens (tertiary/aromatic N) is 1. The van der Waals surface area contributed by atoms with Crippen molar-refractivity contribution in [3.05, 3.63) is 33.8 Å². The number of carbonyl (C=O) groups is 3. The van der Waals surface area contributed by atoms with Gasteiger partial charge in [0, 0.05) is 4.47 Å². The van der Waals surface area contributed by atoms with E-state index in [-0.39, 0.29) is 11.1 Å². The van der Waals surface area contributed by atoms with Crippen molar-refractivity contribution in [1.82, 2.24) is 4.90 Å². The van der Waals surface area contributed by atoms with Crippen molar-refractivity contribution in [2.24, 2.45) is 0 Å². The molecule has 2 amide bonds. The van der Waals surface area contributed by atoms with Crippen LogP contribution in [0.25, 0.3) is 0 Å². The van der Waals surface area contributed by atoms with E-state index >= 15 is 0 Å². The molecule has 1 N–H and O–H groups in total. The minimum absolute atomic E-state index is 0.237. The van der Waals surface area contributed by atoms with Gasteiger partial charge in [-0.15, -0.1) is 0 Å². The summed E-state index contributed by atoms with van der Waals surface area (Å²) in [5.74, 6) is -2.34. The van der Waals surface area contributed by atoms with Crippen molar-refractivity contribution < 1.29 is 19.5 Å². The number of rotatable bonds is 2. The third-order valence-corrected chi connectivity index (χ3v) is 2.72. The van der Waals surface area contributed by atoms with Gasteiger partial charge in [-0.25, -0.2) is 0 Å². The van der Waals surface area contributed by atoms with E-state index in [4.69, 9.17) is 5.11 Å². The van der Waals surface area contributed by atoms with E-state index in [1.807, 2.05) is 0 Å². The van der Waals surface area contributed by atoms with E-state index in [1.165, 1.54) is 12.1 Å². The third kappa shape index (κ3) is 1.61. The Balaban J connectivity index is 2.44. The quantitative estimate of drug-likeness (QED) is 0.826. The lowest BCUT2D eigenvalue weighted by Crippen LogP contribution is -2.34. The van der Waals surface area contributed by atoms with Crippen molar-refractivity contribution in [3.8, 4) is 0 Å². The molecule has 0 spiro atoms. The molecule has 0 saturated carbocycles. The number of carboxylic acid groups (broad SMARTS) is 1. The van der Waals surface area contributed by atoms with Gasteiger partial charge in [0.05, 0.1) is 11.1 Å². The van der Waals surface area contributed by atoms with Gasteiger partial charge in [-0.3, -0.25) is 19.3 Å². The first-order chi connectivity index (χ1) is 7.50. The van der Waals surface area contributed by atoms with Crippen molar-refractivity contribution in [2.45, 2.75) is 0 Å². The molecule has 1 aliphatic heterocycles. The molecule has 82 valence electrons. The van der Waals surface area contributed by atoms with Crippen LogP contribution in [0.5, 0.6) is 0 Å². The first-order valence-corrected chi connectivity index (χ1v) is 5.17. The Labute approximate surface area is 98.8 Å². The molecule has 0 saturated heterocycles. The zero-order chi connectivity index (χ0) is 11.9. The molecule has 0 fully saturated rings. The summed E-state index contributed by atoms with van der Waals surface area (Å²) in [4.78, 5) is 34.6. The van der Waals surface area contributed by atoms with Gasteiger partial charge in [0.1, 0.15) is 6.54 Å². The van der Waals surface area contributed by atoms with Crippen LogP contribution in [0.4, 0.5) is 0 Å². The molecule has 0 aromatic heterocycles. The third-order valence-electron chi connectivity index (χ3n) is 2.23. The number of imide groups is 1. The number of hydrogen-bond donors (Lipinski definition) is 1. The lowest BCUT2D eigenvalue weighted by Gasteiger charge is -2.09. The number of carbonyl (C=O) groups excluding carboxylic acids is 2. The highest BCUT2D eigenvalue weighted by atomic mass is 79.9. The molecule has 1 heterocycles. The lowest BCUT2D eigenvalue weighted by molar-refractivity contribution is -0.137. The molecule has 2 rings (SSSR count). The summed E-state index contributed by atoms with van der Waals surface area (Å²) >= 11 is 3.18. The predicted molar refractivity (Wildman–Crippen MR) is 57.1 cm³/mol. The number of benzene rings is 1. The minimum Gasteiger partial charge on any atom is -0.480 e. The Morgan fingerprint density at radius 2 is 1.88 bits per heavy atom. The van der Waals surface area contributed by atoms with Crippen molar-refractivity contribution in [3.63, 3.8) is 0 Å². The Kier molecular flexibility index (Phi) is 2.51. The number of hydrogen-bond acceptors (Lipinski definition) is 3. The Hall–Kier alpha value is -1.69. The van der Waals surface area contributed by atoms with E-state index < -0.39 is 24.3 Å². The molecule has 1 aromatic carbocycles. The Morgan fingerprint density at radius 1 is 1.25 bits per heavy atom. The van der Waals surface area contributed by atoms with Gasteiger partial charge in [-0.2, -0.15) is 0 Å². The van der Waals surface area contributed by atoms with Crippen LogP contribution in [-0.2, 0) is 4.79 Å². The monoisotopic (exact) mass is 283 g/mol. The average Bonchev–Trinajstić information content (AvgIpc) is 2.43. The van der Waals surface area contributed by atoms with Crippen LogP contribution in [0.3, 0.4) is 0 Å². The molecular weight excluding hydrogens is 278 g/mol. The van der Waals surface area contributed by atoms with E-state index in [1.54, 1.807) is 6.07 Å². The summed E-state index contributed by atoms with van der Waals surface area (Å²) in [6, 6.07) is 4.65. The van der Waals surface area contributed by atoms with Crippen LogP contribution in [0.15, 0.2) is 22.7 Å². The van der Waals surface area contributed by atoms with Crippen molar-refractivity contribution in [1.29, 1.82) is 0 Å². The summed E-state index contributed by atoms with van der Waals surface area (Å²) < 4.78 is 0.671. The summed E-state index contributed by atoms with van der Waals surface area (Å²) in [5, 5.41) is 8.59. The fraction of sp³-hybridized carbons (Fsp3) is 0.100. The average molecular weight is 284 g/mol. The molecule has 6 heteroatoms. The predicted octanol–water partition coefficient (Wildman–Crippen LogP) is 1.13. The molecule has 0 atom stereocenters. The van der Waals surface area contributed by atoms with E-state index in [0.717, 1.165) is 4.90 Å².